The molecule has 0 bridgehead atoms. The second-order valence-electron chi connectivity index (χ2n) is 5.19. The monoisotopic (exact) mass is 231 g/mol. The van der Waals surface area contributed by atoms with Crippen LogP contribution in [-0.2, 0) is 14.3 Å². The predicted octanol–water partition coefficient (Wildman–Crippen LogP) is 1.73. The molecule has 0 aromatic heterocycles. The Balaban J connectivity index is 4.00. The van der Waals surface area contributed by atoms with E-state index >= 15 is 0 Å². The summed E-state index contributed by atoms with van der Waals surface area (Å²) in [6.07, 6.45) is 1.18. The summed E-state index contributed by atoms with van der Waals surface area (Å²) in [4.78, 5) is 11.1. The molecule has 0 aliphatic rings. The minimum atomic E-state index is -0.303. The molecule has 4 heteroatoms. The minimum absolute atomic E-state index is 0.0441. The summed E-state index contributed by atoms with van der Waals surface area (Å²) in [6.45, 7) is 8.44. The molecule has 0 unspecified atom stereocenters. The molecule has 0 aliphatic carbocycles. The number of rotatable bonds is 7. The molecule has 0 atom stereocenters. The second-order valence-corrected chi connectivity index (χ2v) is 5.19. The van der Waals surface area contributed by atoms with Gasteiger partial charge >= 0.3 is 0 Å². The summed E-state index contributed by atoms with van der Waals surface area (Å²) in [5.74, 6) is 0.0441. The van der Waals surface area contributed by atoms with Crippen LogP contribution < -0.4 is 5.32 Å². The molecule has 0 aromatic rings. The van der Waals surface area contributed by atoms with E-state index in [2.05, 4.69) is 5.32 Å². The average Bonchev–Trinajstić information content (AvgIpc) is 2.24. The third kappa shape index (κ3) is 6.80. The number of hydrogen-bond acceptors (Lipinski definition) is 3. The number of ether oxygens (including phenoxy) is 2. The van der Waals surface area contributed by atoms with E-state index in [9.17, 15) is 4.79 Å². The Bertz CT molecular complexity index is 224. The van der Waals surface area contributed by atoms with E-state index in [4.69, 9.17) is 9.47 Å². The lowest BCUT2D eigenvalue weighted by molar-refractivity contribution is -0.126. The van der Waals surface area contributed by atoms with E-state index in [-0.39, 0.29) is 17.1 Å². The van der Waals surface area contributed by atoms with Crippen LogP contribution in [0.5, 0.6) is 0 Å². The highest BCUT2D eigenvalue weighted by molar-refractivity contribution is 5.75. The van der Waals surface area contributed by atoms with Crippen molar-refractivity contribution >= 4 is 5.91 Å². The van der Waals surface area contributed by atoms with Crippen molar-refractivity contribution in [3.8, 4) is 0 Å². The Morgan fingerprint density at radius 1 is 1.19 bits per heavy atom. The van der Waals surface area contributed by atoms with Crippen LogP contribution in [0.1, 0.15) is 40.5 Å². The van der Waals surface area contributed by atoms with Gasteiger partial charge in [-0.1, -0.05) is 0 Å². The first-order valence-electron chi connectivity index (χ1n) is 5.62. The molecular formula is C12H25NO3. The largest absolute Gasteiger partial charge is 0.376 e. The maximum Gasteiger partial charge on any atom is 0.219 e. The first-order valence-corrected chi connectivity index (χ1v) is 5.62. The Labute approximate surface area is 98.7 Å². The number of carbonyl (C=O) groups is 1. The van der Waals surface area contributed by atoms with Gasteiger partial charge in [-0.25, -0.2) is 0 Å². The summed E-state index contributed by atoms with van der Waals surface area (Å²) < 4.78 is 11.1. The number of hydrogen-bond donors (Lipinski definition) is 1. The quantitative estimate of drug-likeness (QED) is 0.726. The molecule has 0 saturated carbocycles. The fourth-order valence-corrected chi connectivity index (χ4v) is 1.04. The van der Waals surface area contributed by atoms with E-state index in [0.29, 0.717) is 19.4 Å². The maximum atomic E-state index is 11.1. The molecular weight excluding hydrogens is 206 g/mol. The summed E-state index contributed by atoms with van der Waals surface area (Å²) in [5, 5.41) is 2.60. The average molecular weight is 231 g/mol. The van der Waals surface area contributed by atoms with Crippen LogP contribution in [0.3, 0.4) is 0 Å². The smallest absolute Gasteiger partial charge is 0.219 e. The molecule has 4 nitrogen and oxygen atoms in total. The van der Waals surface area contributed by atoms with Crippen LogP contribution in [0.4, 0.5) is 0 Å². The zero-order valence-corrected chi connectivity index (χ0v) is 11.3. The lowest BCUT2D eigenvalue weighted by Crippen LogP contribution is -2.36. The van der Waals surface area contributed by atoms with E-state index < -0.39 is 0 Å². The Kier molecular flexibility index (Phi) is 5.97. The van der Waals surface area contributed by atoms with Crippen molar-refractivity contribution in [3.05, 3.63) is 0 Å². The molecule has 0 heterocycles. The normalized spacial score (nSPS) is 12.6. The predicted molar refractivity (Wildman–Crippen MR) is 64.4 cm³/mol. The van der Waals surface area contributed by atoms with Gasteiger partial charge in [-0.15, -0.1) is 0 Å². The molecule has 0 saturated heterocycles. The van der Waals surface area contributed by atoms with Gasteiger partial charge in [-0.05, 0) is 34.1 Å². The van der Waals surface area contributed by atoms with Gasteiger partial charge in [-0.3, -0.25) is 4.79 Å². The van der Waals surface area contributed by atoms with Crippen LogP contribution in [0.25, 0.3) is 0 Å². The van der Waals surface area contributed by atoms with Crippen LogP contribution in [-0.4, -0.2) is 37.9 Å². The number of methoxy groups -OCH3 is 1. The Hall–Kier alpha value is -0.610. The van der Waals surface area contributed by atoms with Crippen molar-refractivity contribution in [1.82, 2.24) is 5.32 Å². The van der Waals surface area contributed by atoms with Gasteiger partial charge in [0, 0.05) is 20.6 Å². The van der Waals surface area contributed by atoms with Gasteiger partial charge in [-0.2, -0.15) is 0 Å². The fourth-order valence-electron chi connectivity index (χ4n) is 1.04. The van der Waals surface area contributed by atoms with Gasteiger partial charge in [0.1, 0.15) is 0 Å². The lowest BCUT2D eigenvalue weighted by Gasteiger charge is -2.31. The SMILES string of the molecule is CNC(=O)CCC(C)(C)OCC(C)(C)OC. The Morgan fingerprint density at radius 3 is 2.19 bits per heavy atom. The molecule has 1 amide bonds. The fraction of sp³-hybridized carbons (Fsp3) is 0.917. The van der Waals surface area contributed by atoms with Gasteiger partial charge < -0.3 is 14.8 Å². The number of amides is 1. The Morgan fingerprint density at radius 2 is 1.75 bits per heavy atom. The first-order chi connectivity index (χ1) is 7.22. The van der Waals surface area contributed by atoms with Crippen molar-refractivity contribution in [2.45, 2.75) is 51.7 Å². The van der Waals surface area contributed by atoms with Gasteiger partial charge in [0.15, 0.2) is 0 Å². The number of nitrogens with one attached hydrogen (secondary N) is 1. The standard InChI is InChI=1S/C12H25NO3/c1-11(2,8-7-10(14)13-5)16-9-12(3,4)15-6/h7-9H2,1-6H3,(H,13,14). The first kappa shape index (κ1) is 15.4. The third-order valence-electron chi connectivity index (χ3n) is 2.60. The summed E-state index contributed by atoms with van der Waals surface area (Å²) in [5.41, 5.74) is -0.591. The van der Waals surface area contributed by atoms with E-state index in [1.165, 1.54) is 0 Å². The molecule has 0 fully saturated rings. The van der Waals surface area contributed by atoms with Crippen LogP contribution in [0.15, 0.2) is 0 Å². The summed E-state index contributed by atoms with van der Waals surface area (Å²) in [6, 6.07) is 0. The van der Waals surface area contributed by atoms with Crippen LogP contribution in [0.2, 0.25) is 0 Å². The topological polar surface area (TPSA) is 47.6 Å². The molecule has 0 aliphatic heterocycles. The molecule has 96 valence electrons. The van der Waals surface area contributed by atoms with E-state index in [1.54, 1.807) is 14.2 Å². The lowest BCUT2D eigenvalue weighted by atomic mass is 10.0. The van der Waals surface area contributed by atoms with Crippen molar-refractivity contribution < 1.29 is 14.3 Å². The van der Waals surface area contributed by atoms with E-state index in [1.807, 2.05) is 27.7 Å². The van der Waals surface area contributed by atoms with Gasteiger partial charge in [0.05, 0.1) is 17.8 Å². The molecule has 0 radical (unpaired) electrons. The summed E-state index contributed by atoms with van der Waals surface area (Å²) in [7, 11) is 3.31. The molecule has 0 aromatic carbocycles. The zero-order chi connectivity index (χ0) is 12.8. The van der Waals surface area contributed by atoms with Gasteiger partial charge in [0.25, 0.3) is 0 Å². The van der Waals surface area contributed by atoms with E-state index in [0.717, 1.165) is 0 Å². The second kappa shape index (κ2) is 6.21. The molecule has 0 rings (SSSR count). The van der Waals surface area contributed by atoms with Crippen molar-refractivity contribution in [3.63, 3.8) is 0 Å². The minimum Gasteiger partial charge on any atom is -0.376 e. The highest BCUT2D eigenvalue weighted by Gasteiger charge is 2.25. The van der Waals surface area contributed by atoms with Crippen LogP contribution >= 0.6 is 0 Å². The molecule has 1 N–H and O–H groups in total. The van der Waals surface area contributed by atoms with Crippen molar-refractivity contribution in [2.75, 3.05) is 20.8 Å². The maximum absolute atomic E-state index is 11.1. The number of carbonyl (C=O) groups excluding carboxylic acids is 1. The summed E-state index contributed by atoms with van der Waals surface area (Å²) >= 11 is 0. The zero-order valence-electron chi connectivity index (χ0n) is 11.3. The highest BCUT2D eigenvalue weighted by atomic mass is 16.5. The van der Waals surface area contributed by atoms with Crippen LogP contribution in [0, 0.1) is 0 Å². The highest BCUT2D eigenvalue weighted by Crippen LogP contribution is 2.20. The third-order valence-corrected chi connectivity index (χ3v) is 2.60. The molecule has 0 spiro atoms. The molecule has 16 heavy (non-hydrogen) atoms. The van der Waals surface area contributed by atoms with Crippen molar-refractivity contribution in [1.29, 1.82) is 0 Å². The van der Waals surface area contributed by atoms with Crippen molar-refractivity contribution in [2.24, 2.45) is 0 Å². The van der Waals surface area contributed by atoms with Gasteiger partial charge in [0.2, 0.25) is 5.91 Å².